The van der Waals surface area contributed by atoms with Gasteiger partial charge in [-0.1, -0.05) is 26.0 Å². The van der Waals surface area contributed by atoms with Crippen LogP contribution >= 0.6 is 0 Å². The quantitative estimate of drug-likeness (QED) is 0.705. The number of dihydropyridines is 1. The van der Waals surface area contributed by atoms with Gasteiger partial charge in [0.25, 0.3) is 5.91 Å². The zero-order valence-corrected chi connectivity index (χ0v) is 18.7. The van der Waals surface area contributed by atoms with Gasteiger partial charge >= 0.3 is 0 Å². The predicted octanol–water partition coefficient (Wildman–Crippen LogP) is 5.08. The van der Waals surface area contributed by atoms with Gasteiger partial charge in [0.15, 0.2) is 5.78 Å². The number of carbonyl (C=O) groups is 2. The Labute approximate surface area is 187 Å². The minimum atomic E-state index is -0.499. The monoisotopic (exact) mass is 434 g/mol. The summed E-state index contributed by atoms with van der Waals surface area (Å²) in [4.78, 5) is 26.7. The molecule has 1 aliphatic carbocycles. The molecule has 4 rings (SSSR count). The SMILES string of the molecule is COc1ccc([C@H]2C(C(=O)Nc3ccc(F)cc3)=C(C)NC3=C2C(=O)CC(C)(C)C3)cc1. The third-order valence-corrected chi connectivity index (χ3v) is 6.04. The Balaban J connectivity index is 1.79. The minimum absolute atomic E-state index is 0.0455. The maximum Gasteiger partial charge on any atom is 0.254 e. The van der Waals surface area contributed by atoms with Crippen molar-refractivity contribution in [2.45, 2.75) is 39.5 Å². The Hall–Kier alpha value is -3.41. The molecule has 2 aromatic rings. The molecular weight excluding hydrogens is 407 g/mol. The maximum atomic E-state index is 13.4. The summed E-state index contributed by atoms with van der Waals surface area (Å²) in [6.45, 7) is 6.01. The summed E-state index contributed by atoms with van der Waals surface area (Å²) >= 11 is 0. The molecule has 6 heteroatoms. The molecule has 0 unspecified atom stereocenters. The number of ether oxygens (including phenoxy) is 1. The number of benzene rings is 2. The van der Waals surface area contributed by atoms with Crippen LogP contribution < -0.4 is 15.4 Å². The van der Waals surface area contributed by atoms with Crippen LogP contribution in [0.4, 0.5) is 10.1 Å². The van der Waals surface area contributed by atoms with Crippen molar-refractivity contribution in [2.24, 2.45) is 5.41 Å². The highest BCUT2D eigenvalue weighted by molar-refractivity contribution is 6.09. The van der Waals surface area contributed by atoms with Gasteiger partial charge < -0.3 is 15.4 Å². The van der Waals surface area contributed by atoms with E-state index >= 15 is 0 Å². The van der Waals surface area contributed by atoms with Gasteiger partial charge in [0.2, 0.25) is 0 Å². The Bertz CT molecular complexity index is 1130. The van der Waals surface area contributed by atoms with E-state index in [1.807, 2.05) is 31.2 Å². The first-order valence-electron chi connectivity index (χ1n) is 10.6. The fourth-order valence-corrected chi connectivity index (χ4v) is 4.60. The van der Waals surface area contributed by atoms with Crippen LogP contribution in [0, 0.1) is 11.2 Å². The van der Waals surface area contributed by atoms with E-state index < -0.39 is 5.92 Å². The van der Waals surface area contributed by atoms with Crippen molar-refractivity contribution in [2.75, 3.05) is 12.4 Å². The molecule has 0 bridgehead atoms. The summed E-state index contributed by atoms with van der Waals surface area (Å²) in [6, 6.07) is 13.1. The minimum Gasteiger partial charge on any atom is -0.497 e. The first-order valence-corrected chi connectivity index (χ1v) is 10.6. The Morgan fingerprint density at radius 1 is 1.09 bits per heavy atom. The lowest BCUT2D eigenvalue weighted by atomic mass is 9.68. The van der Waals surface area contributed by atoms with Gasteiger partial charge in [0.05, 0.1) is 7.11 Å². The number of hydrogen-bond donors (Lipinski definition) is 2. The van der Waals surface area contributed by atoms with E-state index in [1.165, 1.54) is 24.3 Å². The zero-order valence-electron chi connectivity index (χ0n) is 18.7. The third kappa shape index (κ3) is 4.17. The summed E-state index contributed by atoms with van der Waals surface area (Å²) in [6.07, 6.45) is 1.15. The maximum absolute atomic E-state index is 13.4. The Morgan fingerprint density at radius 2 is 1.75 bits per heavy atom. The average Bonchev–Trinajstić information content (AvgIpc) is 2.73. The molecule has 0 radical (unpaired) electrons. The van der Waals surface area contributed by atoms with Crippen LogP contribution in [-0.2, 0) is 9.59 Å². The summed E-state index contributed by atoms with van der Waals surface area (Å²) in [7, 11) is 1.60. The lowest BCUT2D eigenvalue weighted by molar-refractivity contribution is -0.118. The molecule has 32 heavy (non-hydrogen) atoms. The molecule has 1 amide bonds. The van der Waals surface area contributed by atoms with Gasteiger partial charge in [-0.15, -0.1) is 0 Å². The third-order valence-electron chi connectivity index (χ3n) is 6.04. The molecule has 0 spiro atoms. The van der Waals surface area contributed by atoms with E-state index in [2.05, 4.69) is 24.5 Å². The van der Waals surface area contributed by atoms with Crippen LogP contribution in [0.25, 0.3) is 0 Å². The lowest BCUT2D eigenvalue weighted by Gasteiger charge is -2.39. The van der Waals surface area contributed by atoms with Crippen molar-refractivity contribution < 1.29 is 18.7 Å². The molecule has 5 nitrogen and oxygen atoms in total. The fraction of sp³-hybridized carbons (Fsp3) is 0.308. The first kappa shape index (κ1) is 21.8. The number of carbonyl (C=O) groups excluding carboxylic acids is 2. The van der Waals surface area contributed by atoms with Crippen molar-refractivity contribution in [3.8, 4) is 5.75 Å². The molecule has 0 saturated carbocycles. The normalized spacial score (nSPS) is 19.9. The standard InChI is InChI=1S/C26H27FN2O3/c1-15-22(25(31)29-18-9-7-17(27)8-10-18)23(16-5-11-19(32-4)12-6-16)24-20(28-15)13-26(2,3)14-21(24)30/h5-12,23,28H,13-14H2,1-4H3,(H,29,31)/t23-/m0/s1. The molecule has 1 aliphatic heterocycles. The highest BCUT2D eigenvalue weighted by Gasteiger charge is 2.42. The van der Waals surface area contributed by atoms with Gasteiger partial charge in [-0.3, -0.25) is 9.59 Å². The van der Waals surface area contributed by atoms with Crippen LogP contribution in [0.5, 0.6) is 5.75 Å². The Morgan fingerprint density at radius 3 is 2.38 bits per heavy atom. The predicted molar refractivity (Wildman–Crippen MR) is 122 cm³/mol. The summed E-state index contributed by atoms with van der Waals surface area (Å²) in [5.41, 5.74) is 3.88. The molecule has 2 aromatic carbocycles. The van der Waals surface area contributed by atoms with Gasteiger partial charge in [0, 0.05) is 40.6 Å². The van der Waals surface area contributed by atoms with E-state index in [0.717, 1.165) is 17.7 Å². The largest absolute Gasteiger partial charge is 0.497 e. The number of ketones is 1. The van der Waals surface area contributed by atoms with Crippen molar-refractivity contribution >= 4 is 17.4 Å². The molecular formula is C26H27FN2O3. The number of methoxy groups -OCH3 is 1. The van der Waals surface area contributed by atoms with Crippen molar-refractivity contribution in [3.63, 3.8) is 0 Å². The number of halogens is 1. The molecule has 0 aromatic heterocycles. The summed E-state index contributed by atoms with van der Waals surface area (Å²) < 4.78 is 18.6. The van der Waals surface area contributed by atoms with Crippen LogP contribution in [0.15, 0.2) is 71.1 Å². The van der Waals surface area contributed by atoms with Gasteiger partial charge in [-0.25, -0.2) is 4.39 Å². The van der Waals surface area contributed by atoms with E-state index in [-0.39, 0.29) is 22.9 Å². The smallest absolute Gasteiger partial charge is 0.254 e. The number of nitrogens with one attached hydrogen (secondary N) is 2. The molecule has 0 fully saturated rings. The van der Waals surface area contributed by atoms with Gasteiger partial charge in [-0.2, -0.15) is 0 Å². The number of allylic oxidation sites excluding steroid dienone is 3. The fourth-order valence-electron chi connectivity index (χ4n) is 4.60. The molecule has 166 valence electrons. The second-order valence-corrected chi connectivity index (χ2v) is 9.16. The second-order valence-electron chi connectivity index (χ2n) is 9.16. The number of hydrogen-bond acceptors (Lipinski definition) is 4. The van der Waals surface area contributed by atoms with Crippen LogP contribution in [-0.4, -0.2) is 18.8 Å². The topological polar surface area (TPSA) is 67.4 Å². The molecule has 0 saturated heterocycles. The second kappa shape index (κ2) is 8.26. The van der Waals surface area contributed by atoms with Crippen molar-refractivity contribution in [3.05, 3.63) is 82.5 Å². The van der Waals surface area contributed by atoms with Crippen molar-refractivity contribution in [1.82, 2.24) is 5.32 Å². The van der Waals surface area contributed by atoms with E-state index in [0.29, 0.717) is 34.7 Å². The van der Waals surface area contributed by atoms with Crippen LogP contribution in [0.1, 0.15) is 45.1 Å². The number of Topliss-reactive ketones (excluding diaryl/α,β-unsaturated/α-hetero) is 1. The van der Waals surface area contributed by atoms with E-state index in [4.69, 9.17) is 4.74 Å². The van der Waals surface area contributed by atoms with Crippen molar-refractivity contribution in [1.29, 1.82) is 0 Å². The van der Waals surface area contributed by atoms with Crippen LogP contribution in [0.3, 0.4) is 0 Å². The Kier molecular flexibility index (Phi) is 5.63. The summed E-state index contributed by atoms with van der Waals surface area (Å²) in [5.74, 6) is -0.456. The molecule has 2 aliphatic rings. The molecule has 2 N–H and O–H groups in total. The molecule has 1 atom stereocenters. The average molecular weight is 435 g/mol. The molecule has 1 heterocycles. The van der Waals surface area contributed by atoms with E-state index in [9.17, 15) is 14.0 Å². The highest BCUT2D eigenvalue weighted by Crippen LogP contribution is 2.46. The lowest BCUT2D eigenvalue weighted by Crippen LogP contribution is -2.39. The number of rotatable bonds is 4. The van der Waals surface area contributed by atoms with Gasteiger partial charge in [0.1, 0.15) is 11.6 Å². The van der Waals surface area contributed by atoms with Gasteiger partial charge in [-0.05, 0) is 60.7 Å². The van der Waals surface area contributed by atoms with Crippen LogP contribution in [0.2, 0.25) is 0 Å². The van der Waals surface area contributed by atoms with E-state index in [1.54, 1.807) is 7.11 Å². The summed E-state index contributed by atoms with van der Waals surface area (Å²) in [5, 5.41) is 6.20. The highest BCUT2D eigenvalue weighted by atomic mass is 19.1. The number of amides is 1. The zero-order chi connectivity index (χ0) is 23.0. The number of anilines is 1. The first-order chi connectivity index (χ1) is 15.2.